The van der Waals surface area contributed by atoms with Gasteiger partial charge in [-0.3, -0.25) is 13.6 Å². The van der Waals surface area contributed by atoms with Crippen molar-refractivity contribution >= 4 is 7.82 Å². The molecule has 0 radical (unpaired) electrons. The monoisotopic (exact) mass is 336 g/mol. The Morgan fingerprint density at radius 3 is 1.50 bits per heavy atom. The van der Waals surface area contributed by atoms with E-state index >= 15 is 0 Å². The van der Waals surface area contributed by atoms with Gasteiger partial charge < -0.3 is 0 Å². The molecule has 134 valence electrons. The molecule has 0 spiro atoms. The largest absolute Gasteiger partial charge is 0.475 e. The van der Waals surface area contributed by atoms with Crippen LogP contribution in [0.2, 0.25) is 0 Å². The van der Waals surface area contributed by atoms with E-state index in [-0.39, 0.29) is 12.2 Å². The van der Waals surface area contributed by atoms with Gasteiger partial charge in [0.1, 0.15) is 0 Å². The molecule has 0 aromatic rings. The molecule has 0 amide bonds. The van der Waals surface area contributed by atoms with Crippen LogP contribution in [0.1, 0.15) is 91.9 Å². The highest BCUT2D eigenvalue weighted by Gasteiger charge is 2.29. The van der Waals surface area contributed by atoms with Crippen LogP contribution in [0.4, 0.5) is 0 Å². The molecule has 0 aliphatic rings. The fourth-order valence-corrected chi connectivity index (χ4v) is 3.69. The Balaban J connectivity index is 4.07. The molecular formula is C17H37O4P. The summed E-state index contributed by atoms with van der Waals surface area (Å²) in [6.07, 6.45) is 11.0. The van der Waals surface area contributed by atoms with E-state index in [2.05, 4.69) is 13.8 Å². The van der Waals surface area contributed by atoms with E-state index in [0.717, 1.165) is 25.7 Å². The molecule has 0 aliphatic heterocycles. The number of phosphoric acid groups is 1. The Labute approximate surface area is 137 Å². The van der Waals surface area contributed by atoms with Crippen LogP contribution in [0, 0.1) is 0 Å². The van der Waals surface area contributed by atoms with Gasteiger partial charge in [-0.2, -0.15) is 0 Å². The van der Waals surface area contributed by atoms with Gasteiger partial charge in [0.25, 0.3) is 0 Å². The highest BCUT2D eigenvalue weighted by atomic mass is 31.2. The van der Waals surface area contributed by atoms with Gasteiger partial charge in [0.2, 0.25) is 0 Å². The Hall–Kier alpha value is 0.110. The SMILES string of the molecule is CCCCCCC(C)OP(=O)(OC)OC(C)CCCCCC. The first kappa shape index (κ1) is 22.1. The lowest BCUT2D eigenvalue weighted by atomic mass is 10.1. The minimum Gasteiger partial charge on any atom is -0.290 e. The van der Waals surface area contributed by atoms with E-state index < -0.39 is 7.82 Å². The maximum Gasteiger partial charge on any atom is 0.475 e. The van der Waals surface area contributed by atoms with Gasteiger partial charge in [-0.25, -0.2) is 4.57 Å². The summed E-state index contributed by atoms with van der Waals surface area (Å²) < 4.78 is 28.7. The summed E-state index contributed by atoms with van der Waals surface area (Å²) in [6.45, 7) is 8.25. The van der Waals surface area contributed by atoms with Crippen molar-refractivity contribution in [3.63, 3.8) is 0 Å². The van der Waals surface area contributed by atoms with Crippen LogP contribution in [0.3, 0.4) is 0 Å². The van der Waals surface area contributed by atoms with E-state index in [0.29, 0.717) is 0 Å². The van der Waals surface area contributed by atoms with Gasteiger partial charge in [-0.05, 0) is 26.7 Å². The quantitative estimate of drug-likeness (QED) is 0.253. The van der Waals surface area contributed by atoms with Gasteiger partial charge in [0.05, 0.1) is 12.2 Å². The Morgan fingerprint density at radius 1 is 0.773 bits per heavy atom. The van der Waals surface area contributed by atoms with Crippen LogP contribution in [0.15, 0.2) is 0 Å². The van der Waals surface area contributed by atoms with E-state index in [1.165, 1.54) is 45.6 Å². The number of rotatable bonds is 15. The van der Waals surface area contributed by atoms with Crippen molar-refractivity contribution in [3.05, 3.63) is 0 Å². The number of hydrogen-bond donors (Lipinski definition) is 0. The minimum absolute atomic E-state index is 0.102. The molecular weight excluding hydrogens is 299 g/mol. The predicted octanol–water partition coefficient (Wildman–Crippen LogP) is 6.49. The molecule has 0 fully saturated rings. The van der Waals surface area contributed by atoms with Gasteiger partial charge in [-0.15, -0.1) is 0 Å². The van der Waals surface area contributed by atoms with Crippen LogP contribution in [-0.2, 0) is 18.1 Å². The summed E-state index contributed by atoms with van der Waals surface area (Å²) >= 11 is 0. The molecule has 0 heterocycles. The van der Waals surface area contributed by atoms with Crippen LogP contribution in [-0.4, -0.2) is 19.3 Å². The lowest BCUT2D eigenvalue weighted by Crippen LogP contribution is -2.13. The first-order chi connectivity index (χ1) is 10.5. The summed E-state index contributed by atoms with van der Waals surface area (Å²) in [7, 11) is -2.03. The maximum atomic E-state index is 12.5. The van der Waals surface area contributed by atoms with E-state index in [1.54, 1.807) is 0 Å². The first-order valence-electron chi connectivity index (χ1n) is 9.00. The summed E-state index contributed by atoms with van der Waals surface area (Å²) in [4.78, 5) is 0. The number of hydrogen-bond acceptors (Lipinski definition) is 4. The minimum atomic E-state index is -3.42. The van der Waals surface area contributed by atoms with Crippen molar-refractivity contribution in [1.29, 1.82) is 0 Å². The standard InChI is InChI=1S/C17H37O4P/c1-6-8-10-12-14-16(3)20-22(18,19-5)21-17(4)15-13-11-9-7-2/h16-17H,6-15H2,1-5H3. The van der Waals surface area contributed by atoms with Crippen molar-refractivity contribution in [3.8, 4) is 0 Å². The third kappa shape index (κ3) is 11.6. The van der Waals surface area contributed by atoms with Crippen LogP contribution in [0.5, 0.6) is 0 Å². The number of phosphoric ester groups is 1. The van der Waals surface area contributed by atoms with E-state index in [9.17, 15) is 4.57 Å². The normalized spacial score (nSPS) is 17.1. The van der Waals surface area contributed by atoms with Crippen molar-refractivity contribution < 1.29 is 18.1 Å². The fourth-order valence-electron chi connectivity index (χ4n) is 2.37. The molecule has 5 heteroatoms. The predicted molar refractivity (Wildman–Crippen MR) is 93.2 cm³/mol. The Morgan fingerprint density at radius 2 is 1.18 bits per heavy atom. The Kier molecular flexibility index (Phi) is 13.6. The highest BCUT2D eigenvalue weighted by Crippen LogP contribution is 2.51. The van der Waals surface area contributed by atoms with Crippen molar-refractivity contribution in [2.45, 2.75) is 104 Å². The summed E-state index contributed by atoms with van der Waals surface area (Å²) in [5.41, 5.74) is 0. The second kappa shape index (κ2) is 13.5. The molecule has 4 nitrogen and oxygen atoms in total. The molecule has 0 saturated heterocycles. The zero-order valence-electron chi connectivity index (χ0n) is 15.3. The van der Waals surface area contributed by atoms with Gasteiger partial charge in [-0.1, -0.05) is 65.2 Å². The zero-order valence-corrected chi connectivity index (χ0v) is 16.2. The lowest BCUT2D eigenvalue weighted by Gasteiger charge is -2.23. The van der Waals surface area contributed by atoms with Crippen molar-refractivity contribution in [1.82, 2.24) is 0 Å². The molecule has 0 rings (SSSR count). The zero-order chi connectivity index (χ0) is 16.8. The Bertz CT molecular complexity index is 272. The van der Waals surface area contributed by atoms with E-state index in [4.69, 9.17) is 13.6 Å². The summed E-state index contributed by atoms with van der Waals surface area (Å²) in [5, 5.41) is 0. The molecule has 0 saturated carbocycles. The van der Waals surface area contributed by atoms with Crippen LogP contribution < -0.4 is 0 Å². The topological polar surface area (TPSA) is 44.8 Å². The molecule has 0 aliphatic carbocycles. The molecule has 0 aromatic carbocycles. The fraction of sp³-hybridized carbons (Fsp3) is 1.00. The molecule has 0 bridgehead atoms. The second-order valence-corrected chi connectivity index (χ2v) is 7.84. The van der Waals surface area contributed by atoms with Gasteiger partial charge >= 0.3 is 7.82 Å². The van der Waals surface area contributed by atoms with Crippen LogP contribution in [0.25, 0.3) is 0 Å². The maximum absolute atomic E-state index is 12.5. The van der Waals surface area contributed by atoms with Crippen LogP contribution >= 0.6 is 7.82 Å². The summed E-state index contributed by atoms with van der Waals surface area (Å²) in [6, 6.07) is 0. The second-order valence-electron chi connectivity index (χ2n) is 6.16. The lowest BCUT2D eigenvalue weighted by molar-refractivity contribution is 0.0667. The van der Waals surface area contributed by atoms with E-state index in [1.807, 2.05) is 13.8 Å². The number of unbranched alkanes of at least 4 members (excludes halogenated alkanes) is 6. The molecule has 0 N–H and O–H groups in total. The van der Waals surface area contributed by atoms with Crippen molar-refractivity contribution in [2.75, 3.05) is 7.11 Å². The average Bonchev–Trinajstić information content (AvgIpc) is 2.48. The van der Waals surface area contributed by atoms with Crippen molar-refractivity contribution in [2.24, 2.45) is 0 Å². The van der Waals surface area contributed by atoms with Gasteiger partial charge in [0, 0.05) is 7.11 Å². The van der Waals surface area contributed by atoms with Gasteiger partial charge in [0.15, 0.2) is 0 Å². The molecule has 22 heavy (non-hydrogen) atoms. The third-order valence-electron chi connectivity index (χ3n) is 3.77. The third-order valence-corrected chi connectivity index (χ3v) is 5.45. The first-order valence-corrected chi connectivity index (χ1v) is 10.5. The molecule has 0 aromatic heterocycles. The summed E-state index contributed by atoms with van der Waals surface area (Å²) in [5.74, 6) is 0. The molecule has 2 atom stereocenters. The smallest absolute Gasteiger partial charge is 0.290 e. The average molecular weight is 336 g/mol. The molecule has 2 unspecified atom stereocenters. The highest BCUT2D eigenvalue weighted by molar-refractivity contribution is 7.48.